The van der Waals surface area contributed by atoms with Gasteiger partial charge in [-0.05, 0) is 43.2 Å². The van der Waals surface area contributed by atoms with Crippen molar-refractivity contribution in [3.05, 3.63) is 50.6 Å². The first-order valence-electron chi connectivity index (χ1n) is 5.72. The molecule has 0 aliphatic heterocycles. The summed E-state index contributed by atoms with van der Waals surface area (Å²) >= 11 is 18.0. The van der Waals surface area contributed by atoms with Crippen molar-refractivity contribution in [3.8, 4) is 0 Å². The smallest absolute Gasteiger partial charge is 0.153 e. The average Bonchev–Trinajstić information content (AvgIpc) is 2.31. The van der Waals surface area contributed by atoms with E-state index in [2.05, 4.69) is 23.2 Å². The SMILES string of the molecule is Cc1cc(C)cc(N(C)c2nc(Cl)c(Cl)cc2Cl)c1. The molecule has 0 atom stereocenters. The maximum absolute atomic E-state index is 6.18. The van der Waals surface area contributed by atoms with Crippen molar-refractivity contribution in [2.75, 3.05) is 11.9 Å². The third kappa shape index (κ3) is 3.14. The topological polar surface area (TPSA) is 16.1 Å². The monoisotopic (exact) mass is 314 g/mol. The van der Waals surface area contributed by atoms with Gasteiger partial charge in [-0.1, -0.05) is 40.9 Å². The summed E-state index contributed by atoms with van der Waals surface area (Å²) in [5, 5.41) is 1.07. The Hall–Kier alpha value is -0.960. The number of halogens is 3. The molecule has 0 amide bonds. The molecule has 1 aromatic heterocycles. The minimum Gasteiger partial charge on any atom is -0.328 e. The zero-order valence-corrected chi connectivity index (χ0v) is 13.1. The molecule has 0 fully saturated rings. The molecule has 0 saturated heterocycles. The summed E-state index contributed by atoms with van der Waals surface area (Å²) < 4.78 is 0. The van der Waals surface area contributed by atoms with Gasteiger partial charge in [0.1, 0.15) is 5.15 Å². The zero-order chi connectivity index (χ0) is 14.2. The van der Waals surface area contributed by atoms with Gasteiger partial charge in [-0.15, -0.1) is 0 Å². The Balaban J connectivity index is 2.49. The minimum absolute atomic E-state index is 0.247. The Bertz CT molecular complexity index is 606. The van der Waals surface area contributed by atoms with Crippen LogP contribution in [0.1, 0.15) is 11.1 Å². The predicted molar refractivity (Wildman–Crippen MR) is 83.2 cm³/mol. The van der Waals surface area contributed by atoms with Gasteiger partial charge >= 0.3 is 0 Å². The Kier molecular flexibility index (Phi) is 4.24. The lowest BCUT2D eigenvalue weighted by Gasteiger charge is -2.21. The van der Waals surface area contributed by atoms with E-state index in [0.29, 0.717) is 15.9 Å². The highest BCUT2D eigenvalue weighted by Gasteiger charge is 2.13. The molecule has 1 heterocycles. The Morgan fingerprint density at radius 2 is 1.47 bits per heavy atom. The van der Waals surface area contributed by atoms with E-state index in [9.17, 15) is 0 Å². The Morgan fingerprint density at radius 3 is 2.05 bits per heavy atom. The first kappa shape index (κ1) is 14.4. The molecular formula is C14H13Cl3N2. The van der Waals surface area contributed by atoms with Crippen molar-refractivity contribution in [1.82, 2.24) is 4.98 Å². The largest absolute Gasteiger partial charge is 0.328 e. The van der Waals surface area contributed by atoms with Crippen LogP contribution in [0.2, 0.25) is 15.2 Å². The second-order valence-corrected chi connectivity index (χ2v) is 5.64. The maximum Gasteiger partial charge on any atom is 0.153 e. The number of hydrogen-bond acceptors (Lipinski definition) is 2. The summed E-state index contributed by atoms with van der Waals surface area (Å²) in [6, 6.07) is 7.84. The van der Waals surface area contributed by atoms with Gasteiger partial charge in [-0.2, -0.15) is 0 Å². The van der Waals surface area contributed by atoms with E-state index >= 15 is 0 Å². The zero-order valence-electron chi connectivity index (χ0n) is 10.8. The van der Waals surface area contributed by atoms with E-state index in [0.717, 1.165) is 5.69 Å². The molecule has 0 N–H and O–H groups in total. The quantitative estimate of drug-likeness (QED) is 0.687. The van der Waals surface area contributed by atoms with Gasteiger partial charge in [0.05, 0.1) is 10.0 Å². The predicted octanol–water partition coefficient (Wildman–Crippen LogP) is 5.43. The molecule has 0 radical (unpaired) electrons. The standard InChI is InChI=1S/C14H13Cl3N2/c1-8-4-9(2)6-10(5-8)19(3)14-12(16)7-11(15)13(17)18-14/h4-7H,1-3H3. The van der Waals surface area contributed by atoms with E-state index in [1.54, 1.807) is 6.07 Å². The van der Waals surface area contributed by atoms with Gasteiger partial charge < -0.3 is 4.90 Å². The third-order valence-corrected chi connectivity index (χ3v) is 3.73. The molecule has 0 aliphatic rings. The number of aromatic nitrogens is 1. The van der Waals surface area contributed by atoms with Crippen LogP contribution in [0.15, 0.2) is 24.3 Å². The first-order chi connectivity index (χ1) is 8.88. The van der Waals surface area contributed by atoms with Gasteiger partial charge in [0, 0.05) is 12.7 Å². The molecular weight excluding hydrogens is 303 g/mol. The highest BCUT2D eigenvalue weighted by Crippen LogP contribution is 2.34. The molecule has 19 heavy (non-hydrogen) atoms. The van der Waals surface area contributed by atoms with E-state index in [4.69, 9.17) is 34.8 Å². The number of rotatable bonds is 2. The molecule has 0 aliphatic carbocycles. The van der Waals surface area contributed by atoms with Crippen molar-refractivity contribution >= 4 is 46.3 Å². The van der Waals surface area contributed by atoms with Crippen LogP contribution in [-0.4, -0.2) is 12.0 Å². The minimum atomic E-state index is 0.247. The maximum atomic E-state index is 6.18. The highest BCUT2D eigenvalue weighted by atomic mass is 35.5. The summed E-state index contributed by atoms with van der Waals surface area (Å²) in [6.45, 7) is 4.10. The van der Waals surface area contributed by atoms with Gasteiger partial charge in [0.15, 0.2) is 5.82 Å². The van der Waals surface area contributed by atoms with E-state index < -0.39 is 0 Å². The fraction of sp³-hybridized carbons (Fsp3) is 0.214. The van der Waals surface area contributed by atoms with Gasteiger partial charge in [-0.25, -0.2) is 4.98 Å². The lowest BCUT2D eigenvalue weighted by atomic mass is 10.1. The van der Waals surface area contributed by atoms with Crippen LogP contribution in [0.5, 0.6) is 0 Å². The summed E-state index contributed by atoms with van der Waals surface area (Å²) in [7, 11) is 1.90. The van der Waals surface area contributed by atoms with Crippen LogP contribution < -0.4 is 4.90 Å². The molecule has 0 saturated carbocycles. The number of hydrogen-bond donors (Lipinski definition) is 0. The number of anilines is 2. The molecule has 100 valence electrons. The van der Waals surface area contributed by atoms with Crippen molar-refractivity contribution in [3.63, 3.8) is 0 Å². The van der Waals surface area contributed by atoms with Gasteiger partial charge in [0.25, 0.3) is 0 Å². The normalized spacial score (nSPS) is 10.6. The molecule has 2 rings (SSSR count). The number of aryl methyl sites for hydroxylation is 2. The molecule has 1 aromatic carbocycles. The van der Waals surface area contributed by atoms with E-state index in [-0.39, 0.29) is 5.15 Å². The number of pyridine rings is 1. The number of benzene rings is 1. The molecule has 2 aromatic rings. The van der Waals surface area contributed by atoms with Crippen LogP contribution in [0, 0.1) is 13.8 Å². The second kappa shape index (κ2) is 5.58. The number of nitrogens with zero attached hydrogens (tertiary/aromatic N) is 2. The third-order valence-electron chi connectivity index (χ3n) is 2.78. The summed E-state index contributed by atoms with van der Waals surface area (Å²) in [5.74, 6) is 0.584. The molecule has 0 spiro atoms. The highest BCUT2D eigenvalue weighted by molar-refractivity contribution is 6.43. The first-order valence-corrected chi connectivity index (χ1v) is 6.85. The van der Waals surface area contributed by atoms with Crippen LogP contribution in [0.4, 0.5) is 11.5 Å². The Labute approximate surface area is 127 Å². The van der Waals surface area contributed by atoms with Crippen molar-refractivity contribution in [1.29, 1.82) is 0 Å². The molecule has 5 heteroatoms. The average molecular weight is 316 g/mol. The molecule has 0 bridgehead atoms. The van der Waals surface area contributed by atoms with Crippen molar-refractivity contribution in [2.24, 2.45) is 0 Å². The van der Waals surface area contributed by atoms with Crippen molar-refractivity contribution in [2.45, 2.75) is 13.8 Å². The van der Waals surface area contributed by atoms with E-state index in [1.165, 1.54) is 11.1 Å². The van der Waals surface area contributed by atoms with Crippen molar-refractivity contribution < 1.29 is 0 Å². The van der Waals surface area contributed by atoms with Crippen LogP contribution in [0.3, 0.4) is 0 Å². The fourth-order valence-electron chi connectivity index (χ4n) is 1.94. The lowest BCUT2D eigenvalue weighted by Crippen LogP contribution is -2.12. The van der Waals surface area contributed by atoms with Crippen LogP contribution in [-0.2, 0) is 0 Å². The van der Waals surface area contributed by atoms with Gasteiger partial charge in [-0.3, -0.25) is 0 Å². The van der Waals surface area contributed by atoms with Crippen LogP contribution in [0.25, 0.3) is 0 Å². The van der Waals surface area contributed by atoms with Crippen LogP contribution >= 0.6 is 34.8 Å². The lowest BCUT2D eigenvalue weighted by molar-refractivity contribution is 1.12. The molecule has 2 nitrogen and oxygen atoms in total. The second-order valence-electron chi connectivity index (χ2n) is 4.47. The molecule has 0 unspecified atom stereocenters. The van der Waals surface area contributed by atoms with Gasteiger partial charge in [0.2, 0.25) is 0 Å². The Morgan fingerprint density at radius 1 is 0.895 bits per heavy atom. The van der Waals surface area contributed by atoms with E-state index in [1.807, 2.05) is 25.8 Å². The summed E-state index contributed by atoms with van der Waals surface area (Å²) in [4.78, 5) is 6.13. The summed E-state index contributed by atoms with van der Waals surface area (Å²) in [5.41, 5.74) is 3.36. The fourth-order valence-corrected chi connectivity index (χ4v) is 2.56. The summed E-state index contributed by atoms with van der Waals surface area (Å²) in [6.07, 6.45) is 0.